The van der Waals surface area contributed by atoms with E-state index in [1.165, 1.54) is 12.1 Å². The van der Waals surface area contributed by atoms with E-state index in [2.05, 4.69) is 4.98 Å². The third-order valence-electron chi connectivity index (χ3n) is 3.76. The van der Waals surface area contributed by atoms with Crippen LogP contribution < -0.4 is 10.7 Å². The van der Waals surface area contributed by atoms with Crippen LogP contribution >= 0.6 is 0 Å². The summed E-state index contributed by atoms with van der Waals surface area (Å²) in [5.74, 6) is -1.05. The molecule has 7 nitrogen and oxygen atoms in total. The number of hydrogen-bond acceptors (Lipinski definition) is 5. The van der Waals surface area contributed by atoms with E-state index in [4.69, 9.17) is 9.15 Å². The second-order valence-electron chi connectivity index (χ2n) is 6.77. The lowest BCUT2D eigenvalue weighted by Gasteiger charge is -2.36. The fraction of sp³-hybridized carbons (Fsp3) is 0.500. The van der Waals surface area contributed by atoms with Crippen molar-refractivity contribution >= 4 is 22.9 Å². The quantitative estimate of drug-likeness (QED) is 0.864. The van der Waals surface area contributed by atoms with Crippen LogP contribution in [-0.2, 0) is 4.74 Å². The minimum Gasteiger partial charge on any atom is -0.444 e. The number of aromatic nitrogens is 1. The number of amides is 1. The summed E-state index contributed by atoms with van der Waals surface area (Å²) in [4.78, 5) is 29.1. The van der Waals surface area contributed by atoms with Crippen molar-refractivity contribution in [1.82, 2.24) is 9.88 Å². The fourth-order valence-corrected chi connectivity index (χ4v) is 2.66. The van der Waals surface area contributed by atoms with Crippen LogP contribution in [0, 0.1) is 5.82 Å². The Hall–Kier alpha value is -2.51. The smallest absolute Gasteiger partial charge is 0.417 e. The Kier molecular flexibility index (Phi) is 3.98. The molecule has 2 aromatic rings. The molecule has 0 spiro atoms. The Balaban J connectivity index is 1.71. The number of nitrogens with zero attached hydrogens (tertiary/aromatic N) is 2. The van der Waals surface area contributed by atoms with Crippen molar-refractivity contribution in [2.45, 2.75) is 26.4 Å². The first-order valence-electron chi connectivity index (χ1n) is 7.78. The van der Waals surface area contributed by atoms with E-state index in [0.29, 0.717) is 43.0 Å². The summed E-state index contributed by atoms with van der Waals surface area (Å²) in [7, 11) is 0. The summed E-state index contributed by atoms with van der Waals surface area (Å²) in [5, 5.41) is 0. The van der Waals surface area contributed by atoms with Crippen LogP contribution in [0.1, 0.15) is 20.8 Å². The van der Waals surface area contributed by atoms with Crippen LogP contribution in [0.4, 0.5) is 14.9 Å². The molecule has 130 valence electrons. The highest BCUT2D eigenvalue weighted by molar-refractivity contribution is 5.77. The van der Waals surface area contributed by atoms with Crippen molar-refractivity contribution in [1.29, 1.82) is 0 Å². The van der Waals surface area contributed by atoms with E-state index >= 15 is 0 Å². The van der Waals surface area contributed by atoms with Gasteiger partial charge in [0.15, 0.2) is 5.58 Å². The van der Waals surface area contributed by atoms with Gasteiger partial charge in [0.05, 0.1) is 11.2 Å². The number of anilines is 1. The molecule has 1 aromatic carbocycles. The van der Waals surface area contributed by atoms with Crippen molar-refractivity contribution in [2.24, 2.45) is 0 Å². The zero-order valence-corrected chi connectivity index (χ0v) is 13.9. The van der Waals surface area contributed by atoms with Gasteiger partial charge in [-0.1, -0.05) is 0 Å². The van der Waals surface area contributed by atoms with Gasteiger partial charge in [0.2, 0.25) is 0 Å². The average molecular weight is 337 g/mol. The number of nitrogens with one attached hydrogen (secondary N) is 1. The molecule has 1 amide bonds. The van der Waals surface area contributed by atoms with E-state index in [9.17, 15) is 14.0 Å². The maximum atomic E-state index is 14.3. The lowest BCUT2D eigenvalue weighted by Crippen LogP contribution is -2.50. The molecule has 1 aliphatic rings. The zero-order valence-electron chi connectivity index (χ0n) is 13.9. The van der Waals surface area contributed by atoms with Gasteiger partial charge < -0.3 is 19.0 Å². The highest BCUT2D eigenvalue weighted by Crippen LogP contribution is 2.26. The van der Waals surface area contributed by atoms with Gasteiger partial charge >= 0.3 is 11.8 Å². The number of carbonyl (C=O) groups excluding carboxylic acids is 1. The molecule has 3 rings (SSSR count). The molecule has 1 fully saturated rings. The van der Waals surface area contributed by atoms with Crippen LogP contribution in [-0.4, -0.2) is 47.8 Å². The first-order chi connectivity index (χ1) is 11.2. The van der Waals surface area contributed by atoms with E-state index in [0.717, 1.165) is 0 Å². The SMILES string of the molecule is CC(C)(C)OC(=O)N1CCN(c2cc3oc(=O)[nH]c3cc2F)CC1. The summed E-state index contributed by atoms with van der Waals surface area (Å²) in [6.07, 6.45) is -0.366. The second-order valence-corrected chi connectivity index (χ2v) is 6.77. The van der Waals surface area contributed by atoms with E-state index < -0.39 is 17.2 Å². The predicted molar refractivity (Wildman–Crippen MR) is 86.8 cm³/mol. The number of benzene rings is 1. The van der Waals surface area contributed by atoms with Crippen LogP contribution in [0.15, 0.2) is 21.3 Å². The molecule has 2 heterocycles. The number of ether oxygens (including phenoxy) is 1. The van der Waals surface area contributed by atoms with Crippen LogP contribution in [0.2, 0.25) is 0 Å². The largest absolute Gasteiger partial charge is 0.444 e. The van der Waals surface area contributed by atoms with Crippen LogP contribution in [0.5, 0.6) is 0 Å². The highest BCUT2D eigenvalue weighted by Gasteiger charge is 2.27. The maximum absolute atomic E-state index is 14.3. The molecule has 0 radical (unpaired) electrons. The van der Waals surface area contributed by atoms with E-state index in [1.54, 1.807) is 4.90 Å². The Morgan fingerprint density at radius 2 is 1.92 bits per heavy atom. The first-order valence-corrected chi connectivity index (χ1v) is 7.78. The molecule has 1 N–H and O–H groups in total. The van der Waals surface area contributed by atoms with Crippen molar-refractivity contribution < 1.29 is 18.3 Å². The first kappa shape index (κ1) is 16.4. The molecule has 8 heteroatoms. The summed E-state index contributed by atoms with van der Waals surface area (Å²) < 4.78 is 24.6. The Morgan fingerprint density at radius 3 is 2.54 bits per heavy atom. The number of oxazole rings is 1. The Morgan fingerprint density at radius 1 is 1.25 bits per heavy atom. The lowest BCUT2D eigenvalue weighted by atomic mass is 10.2. The van der Waals surface area contributed by atoms with Gasteiger partial charge in [-0.3, -0.25) is 4.98 Å². The zero-order chi connectivity index (χ0) is 17.5. The second kappa shape index (κ2) is 5.85. The third kappa shape index (κ3) is 3.37. The fourth-order valence-electron chi connectivity index (χ4n) is 2.66. The number of rotatable bonds is 1. The number of H-pyrrole nitrogens is 1. The van der Waals surface area contributed by atoms with Crippen molar-refractivity contribution in [3.63, 3.8) is 0 Å². The molecular formula is C16H20FN3O4. The maximum Gasteiger partial charge on any atom is 0.417 e. The molecular weight excluding hydrogens is 317 g/mol. The predicted octanol–water partition coefficient (Wildman–Crippen LogP) is 2.32. The summed E-state index contributed by atoms with van der Waals surface area (Å²) in [6.45, 7) is 7.25. The number of halogens is 1. The van der Waals surface area contributed by atoms with Crippen molar-refractivity contribution in [3.05, 3.63) is 28.5 Å². The van der Waals surface area contributed by atoms with Gasteiger partial charge in [-0.2, -0.15) is 0 Å². The lowest BCUT2D eigenvalue weighted by molar-refractivity contribution is 0.0240. The number of piperazine rings is 1. The Bertz CT molecular complexity index is 813. The molecule has 0 aliphatic carbocycles. The van der Waals surface area contributed by atoms with Gasteiger partial charge in [-0.05, 0) is 20.8 Å². The molecule has 1 aromatic heterocycles. The summed E-state index contributed by atoms with van der Waals surface area (Å²) >= 11 is 0. The number of fused-ring (bicyclic) bond motifs is 1. The molecule has 1 aliphatic heterocycles. The highest BCUT2D eigenvalue weighted by atomic mass is 19.1. The third-order valence-corrected chi connectivity index (χ3v) is 3.76. The number of hydrogen-bond donors (Lipinski definition) is 1. The van der Waals surface area contributed by atoms with Gasteiger partial charge in [-0.25, -0.2) is 14.0 Å². The summed E-state index contributed by atoms with van der Waals surface area (Å²) in [6, 6.07) is 2.75. The topological polar surface area (TPSA) is 78.8 Å². The van der Waals surface area contributed by atoms with E-state index in [1.807, 2.05) is 25.7 Å². The normalized spacial score (nSPS) is 15.8. The van der Waals surface area contributed by atoms with Crippen molar-refractivity contribution in [2.75, 3.05) is 31.1 Å². The number of carbonyl (C=O) groups is 1. The molecule has 0 atom stereocenters. The van der Waals surface area contributed by atoms with E-state index in [-0.39, 0.29) is 6.09 Å². The molecule has 0 bridgehead atoms. The van der Waals surface area contributed by atoms with Crippen LogP contribution in [0.3, 0.4) is 0 Å². The van der Waals surface area contributed by atoms with Gasteiger partial charge in [0.25, 0.3) is 0 Å². The number of aromatic amines is 1. The standard InChI is InChI=1S/C16H20FN3O4/c1-16(2,3)24-15(22)20-6-4-19(5-7-20)12-9-13-11(8-10(12)17)18-14(21)23-13/h8-9H,4-7H2,1-3H3,(H,18,21). The van der Waals surface area contributed by atoms with Crippen LogP contribution in [0.25, 0.3) is 11.1 Å². The monoisotopic (exact) mass is 337 g/mol. The molecule has 0 saturated carbocycles. The Labute approximate surface area is 138 Å². The summed E-state index contributed by atoms with van der Waals surface area (Å²) in [5.41, 5.74) is 0.450. The van der Waals surface area contributed by atoms with Gasteiger partial charge in [0.1, 0.15) is 11.4 Å². The van der Waals surface area contributed by atoms with Gasteiger partial charge in [-0.15, -0.1) is 0 Å². The minimum absolute atomic E-state index is 0.311. The van der Waals surface area contributed by atoms with Crippen molar-refractivity contribution in [3.8, 4) is 0 Å². The minimum atomic E-state index is -0.615. The molecule has 0 unspecified atom stereocenters. The average Bonchev–Trinajstić information content (AvgIpc) is 2.84. The molecule has 24 heavy (non-hydrogen) atoms. The van der Waals surface area contributed by atoms with Gasteiger partial charge in [0, 0.05) is 38.3 Å². The molecule has 1 saturated heterocycles.